The van der Waals surface area contributed by atoms with E-state index in [9.17, 15) is 5.11 Å². The molecule has 1 heterocycles. The van der Waals surface area contributed by atoms with E-state index in [0.717, 1.165) is 30.9 Å². The summed E-state index contributed by atoms with van der Waals surface area (Å²) in [6.45, 7) is 4.65. The van der Waals surface area contributed by atoms with Gasteiger partial charge in [0.05, 0.1) is 26.4 Å². The number of aliphatic hydroxyl groups excluding tert-OH is 1. The molecule has 1 saturated heterocycles. The Kier molecular flexibility index (Phi) is 5.05. The van der Waals surface area contributed by atoms with Crippen LogP contribution in [0.3, 0.4) is 0 Å². The van der Waals surface area contributed by atoms with Crippen LogP contribution in [0.2, 0.25) is 0 Å². The van der Waals surface area contributed by atoms with Crippen LogP contribution in [0.1, 0.15) is 19.8 Å². The van der Waals surface area contributed by atoms with Crippen LogP contribution >= 0.6 is 0 Å². The number of hydrogen-bond donors (Lipinski definition) is 1. The first-order chi connectivity index (χ1) is 9.29. The van der Waals surface area contributed by atoms with Crippen LogP contribution in [-0.4, -0.2) is 38.1 Å². The minimum absolute atomic E-state index is 0.124. The molecule has 1 aromatic rings. The second kappa shape index (κ2) is 6.78. The van der Waals surface area contributed by atoms with Crippen LogP contribution in [0, 0.1) is 5.41 Å². The van der Waals surface area contributed by atoms with Crippen molar-refractivity contribution in [3.8, 4) is 11.5 Å². The standard InChI is InChI=1S/C15H22O4/c1-2-18-13-5-3-4-6-14(13)19-10-8-15(11-16)7-9-17-12-15/h3-6,16H,2,7-12H2,1H3. The number of hydrogen-bond acceptors (Lipinski definition) is 4. The van der Waals surface area contributed by atoms with Crippen LogP contribution in [0.25, 0.3) is 0 Å². The van der Waals surface area contributed by atoms with Crippen LogP contribution in [0.5, 0.6) is 11.5 Å². The maximum Gasteiger partial charge on any atom is 0.161 e. The monoisotopic (exact) mass is 266 g/mol. The Bertz CT molecular complexity index is 385. The zero-order valence-corrected chi connectivity index (χ0v) is 11.4. The number of rotatable bonds is 7. The minimum Gasteiger partial charge on any atom is -0.490 e. The lowest BCUT2D eigenvalue weighted by Crippen LogP contribution is -2.28. The molecule has 1 aromatic carbocycles. The first-order valence-corrected chi connectivity index (χ1v) is 6.83. The van der Waals surface area contributed by atoms with E-state index in [-0.39, 0.29) is 12.0 Å². The largest absolute Gasteiger partial charge is 0.490 e. The van der Waals surface area contributed by atoms with Gasteiger partial charge in [-0.1, -0.05) is 12.1 Å². The van der Waals surface area contributed by atoms with Gasteiger partial charge in [-0.25, -0.2) is 0 Å². The molecule has 106 valence electrons. The molecule has 1 atom stereocenters. The maximum atomic E-state index is 9.49. The summed E-state index contributed by atoms with van der Waals surface area (Å²) >= 11 is 0. The molecule has 0 aliphatic carbocycles. The molecule has 2 rings (SSSR count). The summed E-state index contributed by atoms with van der Waals surface area (Å²) in [5, 5.41) is 9.49. The lowest BCUT2D eigenvalue weighted by Gasteiger charge is -2.24. The first kappa shape index (κ1) is 14.2. The van der Waals surface area contributed by atoms with Crippen molar-refractivity contribution in [2.75, 3.05) is 33.0 Å². The van der Waals surface area contributed by atoms with E-state index in [2.05, 4.69) is 0 Å². The summed E-state index contributed by atoms with van der Waals surface area (Å²) in [5.41, 5.74) is -0.124. The third-order valence-electron chi connectivity index (χ3n) is 3.56. The zero-order chi connectivity index (χ0) is 13.6. The summed E-state index contributed by atoms with van der Waals surface area (Å²) < 4.78 is 16.7. The molecule has 1 unspecified atom stereocenters. The second-order valence-electron chi connectivity index (χ2n) is 4.94. The molecule has 1 N–H and O–H groups in total. The van der Waals surface area contributed by atoms with Crippen molar-refractivity contribution in [2.45, 2.75) is 19.8 Å². The molecule has 0 aromatic heterocycles. The van der Waals surface area contributed by atoms with Crippen molar-refractivity contribution in [3.63, 3.8) is 0 Å². The van der Waals surface area contributed by atoms with Crippen molar-refractivity contribution in [2.24, 2.45) is 5.41 Å². The Labute approximate surface area is 114 Å². The summed E-state index contributed by atoms with van der Waals surface area (Å²) in [4.78, 5) is 0. The number of para-hydroxylation sites is 2. The average Bonchev–Trinajstić information content (AvgIpc) is 2.90. The molecule has 1 aliphatic rings. The Hall–Kier alpha value is -1.26. The Morgan fingerprint density at radius 1 is 1.26 bits per heavy atom. The van der Waals surface area contributed by atoms with Gasteiger partial charge in [0.15, 0.2) is 11.5 Å². The quantitative estimate of drug-likeness (QED) is 0.822. The van der Waals surface area contributed by atoms with Gasteiger partial charge in [0.2, 0.25) is 0 Å². The van der Waals surface area contributed by atoms with Gasteiger partial charge in [-0.15, -0.1) is 0 Å². The molecule has 0 bridgehead atoms. The van der Waals surface area contributed by atoms with Crippen LogP contribution in [0.4, 0.5) is 0 Å². The van der Waals surface area contributed by atoms with Gasteiger partial charge in [-0.3, -0.25) is 0 Å². The fraction of sp³-hybridized carbons (Fsp3) is 0.600. The van der Waals surface area contributed by atoms with E-state index in [0.29, 0.717) is 19.8 Å². The Balaban J connectivity index is 1.88. The summed E-state index contributed by atoms with van der Waals surface area (Å²) in [6, 6.07) is 7.66. The normalized spacial score (nSPS) is 22.4. The van der Waals surface area contributed by atoms with E-state index in [1.165, 1.54) is 0 Å². The maximum absolute atomic E-state index is 9.49. The number of ether oxygens (including phenoxy) is 3. The van der Waals surface area contributed by atoms with Gasteiger partial charge in [0.1, 0.15) is 0 Å². The number of aliphatic hydroxyl groups is 1. The highest BCUT2D eigenvalue weighted by Gasteiger charge is 2.34. The number of benzene rings is 1. The zero-order valence-electron chi connectivity index (χ0n) is 11.4. The van der Waals surface area contributed by atoms with Crippen LogP contribution in [0.15, 0.2) is 24.3 Å². The van der Waals surface area contributed by atoms with Gasteiger partial charge in [0, 0.05) is 12.0 Å². The lowest BCUT2D eigenvalue weighted by molar-refractivity contribution is 0.0729. The minimum atomic E-state index is -0.124. The predicted molar refractivity (Wildman–Crippen MR) is 72.7 cm³/mol. The highest BCUT2D eigenvalue weighted by molar-refractivity contribution is 5.39. The second-order valence-corrected chi connectivity index (χ2v) is 4.94. The van der Waals surface area contributed by atoms with Gasteiger partial charge in [-0.2, -0.15) is 0 Å². The molecule has 0 spiro atoms. The topological polar surface area (TPSA) is 47.9 Å². The van der Waals surface area contributed by atoms with Crippen molar-refractivity contribution < 1.29 is 19.3 Å². The van der Waals surface area contributed by atoms with Crippen molar-refractivity contribution in [1.82, 2.24) is 0 Å². The molecule has 19 heavy (non-hydrogen) atoms. The molecule has 4 heteroatoms. The van der Waals surface area contributed by atoms with Gasteiger partial charge in [-0.05, 0) is 31.9 Å². The third-order valence-corrected chi connectivity index (χ3v) is 3.56. The molecular weight excluding hydrogens is 244 g/mol. The SMILES string of the molecule is CCOc1ccccc1OCCC1(CO)CCOC1. The van der Waals surface area contributed by atoms with Crippen molar-refractivity contribution in [1.29, 1.82) is 0 Å². The average molecular weight is 266 g/mol. The van der Waals surface area contributed by atoms with Gasteiger partial charge < -0.3 is 19.3 Å². The highest BCUT2D eigenvalue weighted by Crippen LogP contribution is 2.33. The van der Waals surface area contributed by atoms with E-state index in [1.54, 1.807) is 0 Å². The molecule has 1 aliphatic heterocycles. The van der Waals surface area contributed by atoms with Crippen LogP contribution < -0.4 is 9.47 Å². The molecule has 4 nitrogen and oxygen atoms in total. The summed E-state index contributed by atoms with van der Waals surface area (Å²) in [5.74, 6) is 1.53. The summed E-state index contributed by atoms with van der Waals surface area (Å²) in [7, 11) is 0. The fourth-order valence-electron chi connectivity index (χ4n) is 2.27. The van der Waals surface area contributed by atoms with E-state index in [4.69, 9.17) is 14.2 Å². The van der Waals surface area contributed by atoms with E-state index < -0.39 is 0 Å². The van der Waals surface area contributed by atoms with Gasteiger partial charge in [0.25, 0.3) is 0 Å². The molecule has 0 amide bonds. The molecule has 1 fully saturated rings. The van der Waals surface area contributed by atoms with E-state index >= 15 is 0 Å². The van der Waals surface area contributed by atoms with Gasteiger partial charge >= 0.3 is 0 Å². The summed E-state index contributed by atoms with van der Waals surface area (Å²) in [6.07, 6.45) is 1.70. The smallest absolute Gasteiger partial charge is 0.161 e. The Morgan fingerprint density at radius 3 is 2.58 bits per heavy atom. The highest BCUT2D eigenvalue weighted by atomic mass is 16.5. The van der Waals surface area contributed by atoms with E-state index in [1.807, 2.05) is 31.2 Å². The van der Waals surface area contributed by atoms with Crippen molar-refractivity contribution in [3.05, 3.63) is 24.3 Å². The lowest BCUT2D eigenvalue weighted by atomic mass is 9.85. The Morgan fingerprint density at radius 2 is 2.00 bits per heavy atom. The molecular formula is C15H22O4. The van der Waals surface area contributed by atoms with Crippen molar-refractivity contribution >= 4 is 0 Å². The molecule has 0 saturated carbocycles. The molecule has 0 radical (unpaired) electrons. The predicted octanol–water partition coefficient (Wildman–Crippen LogP) is 2.25. The van der Waals surface area contributed by atoms with Crippen LogP contribution in [-0.2, 0) is 4.74 Å². The first-order valence-electron chi connectivity index (χ1n) is 6.83. The fourth-order valence-corrected chi connectivity index (χ4v) is 2.27. The third kappa shape index (κ3) is 3.61.